The molecule has 1 atom stereocenters. The van der Waals surface area contributed by atoms with Crippen LogP contribution in [0, 0.1) is 5.92 Å². The number of carbonyl (C=O) groups excluding carboxylic acids is 1. The Hall–Kier alpha value is -1.89. The molecule has 1 aliphatic carbocycles. The minimum atomic E-state index is -0.980. The number of hydrogen-bond donors (Lipinski definition) is 1. The monoisotopic (exact) mass is 306 g/mol. The summed E-state index contributed by atoms with van der Waals surface area (Å²) in [5.41, 5.74) is 1.67. The lowest BCUT2D eigenvalue weighted by Gasteiger charge is -2.31. The molecule has 1 fully saturated rings. The van der Waals surface area contributed by atoms with Crippen LogP contribution in [-0.2, 0) is 9.53 Å². The molecule has 1 saturated carbocycles. The van der Waals surface area contributed by atoms with Crippen LogP contribution in [0.5, 0.6) is 0 Å². The second kappa shape index (κ2) is 5.72. The normalized spacial score (nSPS) is 20.9. The van der Waals surface area contributed by atoms with Crippen LogP contribution < -0.4 is 0 Å². The van der Waals surface area contributed by atoms with E-state index in [4.69, 9.17) is 4.74 Å². The van der Waals surface area contributed by atoms with Gasteiger partial charge >= 0.3 is 5.97 Å². The van der Waals surface area contributed by atoms with Crippen LogP contribution in [-0.4, -0.2) is 44.9 Å². The first-order valence-electron chi connectivity index (χ1n) is 7.80. The summed E-state index contributed by atoms with van der Waals surface area (Å²) in [5.74, 6) is 0.959. The van der Waals surface area contributed by atoms with E-state index in [1.165, 1.54) is 5.01 Å². The van der Waals surface area contributed by atoms with Gasteiger partial charge in [-0.2, -0.15) is 10.2 Å². The number of esters is 1. The lowest BCUT2D eigenvalue weighted by Crippen LogP contribution is -2.40. The maximum Gasteiger partial charge on any atom is 0.327 e. The van der Waals surface area contributed by atoms with Gasteiger partial charge in [0.25, 0.3) is 0 Å². The van der Waals surface area contributed by atoms with Crippen molar-refractivity contribution in [3.63, 3.8) is 0 Å². The summed E-state index contributed by atoms with van der Waals surface area (Å²) in [6.07, 6.45) is 1.31. The molecule has 1 aromatic heterocycles. The van der Waals surface area contributed by atoms with Crippen LogP contribution in [0.15, 0.2) is 11.2 Å². The second-order valence-corrected chi connectivity index (χ2v) is 6.07. The lowest BCUT2D eigenvalue weighted by atomic mass is 10.2. The van der Waals surface area contributed by atoms with Crippen molar-refractivity contribution < 1.29 is 14.6 Å². The summed E-state index contributed by atoms with van der Waals surface area (Å²) in [6.45, 7) is 6.02. The molecule has 2 heterocycles. The van der Waals surface area contributed by atoms with Crippen molar-refractivity contribution in [3.05, 3.63) is 17.5 Å². The molecular formula is C15H22N4O3. The Morgan fingerprint density at radius 1 is 1.50 bits per heavy atom. The predicted molar refractivity (Wildman–Crippen MR) is 80.2 cm³/mol. The molecule has 2 aliphatic rings. The molecule has 1 unspecified atom stereocenters. The minimum absolute atomic E-state index is 0.0742. The Labute approximate surface area is 129 Å². The number of aromatic nitrogens is 2. The molecule has 1 aromatic rings. The summed E-state index contributed by atoms with van der Waals surface area (Å²) in [4.78, 5) is 11.7. The number of aliphatic hydroxyl groups excluding tert-OH is 1. The fourth-order valence-corrected chi connectivity index (χ4v) is 2.56. The third-order valence-corrected chi connectivity index (χ3v) is 3.86. The summed E-state index contributed by atoms with van der Waals surface area (Å²) in [5, 5.41) is 20.9. The second-order valence-electron chi connectivity index (χ2n) is 6.07. The number of hydrazone groups is 1. The van der Waals surface area contributed by atoms with E-state index in [1.54, 1.807) is 11.6 Å². The van der Waals surface area contributed by atoms with Gasteiger partial charge in [-0.25, -0.2) is 4.68 Å². The highest BCUT2D eigenvalue weighted by atomic mass is 16.5. The third-order valence-electron chi connectivity index (χ3n) is 3.86. The summed E-state index contributed by atoms with van der Waals surface area (Å²) in [6, 6.07) is 1.93. The molecule has 0 bridgehead atoms. The van der Waals surface area contributed by atoms with Crippen LogP contribution in [0.2, 0.25) is 0 Å². The molecule has 1 aliphatic heterocycles. The standard InChI is InChI=1S/C15H22N4O3/c1-4-22-13(20)8-18-15(21)12-7-11(10-5-6-10)16-19(12)14(17-18)9(2)3/h7,9-10,15,21H,4-6,8H2,1-3H3. The number of fused-ring (bicyclic) bond motifs is 1. The van der Waals surface area contributed by atoms with Crippen LogP contribution >= 0.6 is 0 Å². The molecule has 3 rings (SSSR count). The number of ether oxygens (including phenoxy) is 1. The first-order chi connectivity index (χ1) is 10.5. The highest BCUT2D eigenvalue weighted by Gasteiger charge is 2.35. The van der Waals surface area contributed by atoms with E-state index in [0.29, 0.717) is 18.2 Å². The number of hydrogen-bond acceptors (Lipinski definition) is 6. The zero-order valence-corrected chi connectivity index (χ0v) is 13.2. The number of nitrogens with zero attached hydrogens (tertiary/aromatic N) is 4. The zero-order chi connectivity index (χ0) is 15.9. The highest BCUT2D eigenvalue weighted by Crippen LogP contribution is 2.40. The fourth-order valence-electron chi connectivity index (χ4n) is 2.56. The van der Waals surface area contributed by atoms with E-state index in [1.807, 2.05) is 19.9 Å². The van der Waals surface area contributed by atoms with Crippen molar-refractivity contribution in [2.75, 3.05) is 13.2 Å². The van der Waals surface area contributed by atoms with Gasteiger partial charge in [-0.15, -0.1) is 0 Å². The molecule has 1 N–H and O–H groups in total. The van der Waals surface area contributed by atoms with E-state index in [0.717, 1.165) is 24.4 Å². The van der Waals surface area contributed by atoms with E-state index in [2.05, 4.69) is 10.2 Å². The maximum atomic E-state index is 11.7. The quantitative estimate of drug-likeness (QED) is 0.833. The maximum absolute atomic E-state index is 11.7. The van der Waals surface area contributed by atoms with E-state index < -0.39 is 12.2 Å². The summed E-state index contributed by atoms with van der Waals surface area (Å²) in [7, 11) is 0. The van der Waals surface area contributed by atoms with Gasteiger partial charge in [-0.1, -0.05) is 13.8 Å². The molecule has 7 nitrogen and oxygen atoms in total. The highest BCUT2D eigenvalue weighted by molar-refractivity contribution is 5.87. The molecule has 22 heavy (non-hydrogen) atoms. The van der Waals surface area contributed by atoms with Crippen molar-refractivity contribution in [2.24, 2.45) is 11.0 Å². The predicted octanol–water partition coefficient (Wildman–Crippen LogP) is 1.45. The Morgan fingerprint density at radius 3 is 2.82 bits per heavy atom. The van der Waals surface area contributed by atoms with Crippen molar-refractivity contribution in [1.82, 2.24) is 14.8 Å². The van der Waals surface area contributed by atoms with Crippen LogP contribution in [0.4, 0.5) is 0 Å². The topological polar surface area (TPSA) is 80.0 Å². The van der Waals surface area contributed by atoms with Gasteiger partial charge < -0.3 is 9.84 Å². The molecule has 7 heteroatoms. The average Bonchev–Trinajstić information content (AvgIpc) is 3.21. The Kier molecular flexibility index (Phi) is 3.90. The van der Waals surface area contributed by atoms with E-state index in [-0.39, 0.29) is 12.5 Å². The van der Waals surface area contributed by atoms with Crippen molar-refractivity contribution in [2.45, 2.75) is 45.8 Å². The van der Waals surface area contributed by atoms with Crippen LogP contribution in [0.1, 0.15) is 57.1 Å². The van der Waals surface area contributed by atoms with Gasteiger partial charge in [-0.3, -0.25) is 9.80 Å². The Bertz CT molecular complexity index is 604. The molecular weight excluding hydrogens is 284 g/mol. The van der Waals surface area contributed by atoms with Gasteiger partial charge in [0.15, 0.2) is 12.1 Å². The molecule has 0 saturated heterocycles. The minimum Gasteiger partial charge on any atom is -0.465 e. The van der Waals surface area contributed by atoms with Crippen molar-refractivity contribution >= 4 is 11.8 Å². The van der Waals surface area contributed by atoms with Crippen molar-refractivity contribution in [1.29, 1.82) is 0 Å². The first kappa shape index (κ1) is 15.0. The number of carbonyl (C=O) groups is 1. The van der Waals surface area contributed by atoms with E-state index >= 15 is 0 Å². The average molecular weight is 306 g/mol. The first-order valence-corrected chi connectivity index (χ1v) is 7.80. The van der Waals surface area contributed by atoms with Gasteiger partial charge in [0.05, 0.1) is 18.0 Å². The van der Waals surface area contributed by atoms with E-state index in [9.17, 15) is 9.90 Å². The van der Waals surface area contributed by atoms with Gasteiger partial charge in [0.1, 0.15) is 6.54 Å². The number of rotatable bonds is 5. The van der Waals surface area contributed by atoms with Crippen LogP contribution in [0.3, 0.4) is 0 Å². The molecule has 120 valence electrons. The SMILES string of the molecule is CCOC(=O)CN1N=C(C(C)C)n2nc(C3CC3)cc2C1O. The third kappa shape index (κ3) is 2.72. The molecule has 0 spiro atoms. The largest absolute Gasteiger partial charge is 0.465 e. The zero-order valence-electron chi connectivity index (χ0n) is 13.2. The van der Waals surface area contributed by atoms with Crippen LogP contribution in [0.25, 0.3) is 0 Å². The van der Waals surface area contributed by atoms with Gasteiger partial charge in [-0.05, 0) is 25.8 Å². The number of aliphatic hydroxyl groups is 1. The summed E-state index contributed by atoms with van der Waals surface area (Å²) >= 11 is 0. The van der Waals surface area contributed by atoms with Gasteiger partial charge in [0, 0.05) is 11.8 Å². The smallest absolute Gasteiger partial charge is 0.327 e. The Balaban J connectivity index is 1.90. The molecule has 0 radical (unpaired) electrons. The molecule has 0 aromatic carbocycles. The molecule has 0 amide bonds. The summed E-state index contributed by atoms with van der Waals surface area (Å²) < 4.78 is 6.67. The van der Waals surface area contributed by atoms with Gasteiger partial charge in [0.2, 0.25) is 0 Å². The Morgan fingerprint density at radius 2 is 2.23 bits per heavy atom. The lowest BCUT2D eigenvalue weighted by molar-refractivity contribution is -0.148. The van der Waals surface area contributed by atoms with Crippen molar-refractivity contribution in [3.8, 4) is 0 Å². The fraction of sp³-hybridized carbons (Fsp3) is 0.667.